The molecule has 7 heteroatoms. The molecule has 3 rings (SSSR count). The molecule has 2 heterocycles. The van der Waals surface area contributed by atoms with Crippen LogP contribution in [0.1, 0.15) is 32.9 Å². The zero-order chi connectivity index (χ0) is 18.3. The van der Waals surface area contributed by atoms with E-state index in [0.717, 1.165) is 28.2 Å². The van der Waals surface area contributed by atoms with Crippen LogP contribution in [0.25, 0.3) is 11.8 Å². The SMILES string of the molecule is Cc1ccc(C(=O)O)cc1-n1c(C)cc(/C=C2\NC(=O)NC2=O)c1C. The Morgan fingerprint density at radius 2 is 1.84 bits per heavy atom. The Morgan fingerprint density at radius 3 is 2.44 bits per heavy atom. The highest BCUT2D eigenvalue weighted by Gasteiger charge is 2.23. The molecule has 3 N–H and O–H groups in total. The van der Waals surface area contributed by atoms with Crippen LogP contribution in [0.3, 0.4) is 0 Å². The minimum atomic E-state index is -0.989. The lowest BCUT2D eigenvalue weighted by Crippen LogP contribution is -2.22. The summed E-state index contributed by atoms with van der Waals surface area (Å²) in [6, 6.07) is 6.29. The number of carboxylic acid groups (broad SMARTS) is 1. The van der Waals surface area contributed by atoms with Gasteiger partial charge in [-0.25, -0.2) is 9.59 Å². The molecule has 0 unspecified atom stereocenters. The highest BCUT2D eigenvalue weighted by atomic mass is 16.4. The Kier molecular flexibility index (Phi) is 3.92. The van der Waals surface area contributed by atoms with Crippen molar-refractivity contribution in [3.63, 3.8) is 0 Å². The van der Waals surface area contributed by atoms with Crippen LogP contribution in [-0.2, 0) is 4.79 Å². The molecule has 1 saturated heterocycles. The third kappa shape index (κ3) is 2.91. The quantitative estimate of drug-likeness (QED) is 0.590. The summed E-state index contributed by atoms with van der Waals surface area (Å²) in [5.74, 6) is -1.46. The van der Waals surface area contributed by atoms with Crippen molar-refractivity contribution in [1.82, 2.24) is 15.2 Å². The molecule has 1 aromatic carbocycles. The van der Waals surface area contributed by atoms with Crippen molar-refractivity contribution < 1.29 is 19.5 Å². The highest BCUT2D eigenvalue weighted by Crippen LogP contribution is 2.26. The molecule has 3 amide bonds. The van der Waals surface area contributed by atoms with Gasteiger partial charge in [0.2, 0.25) is 0 Å². The molecule has 0 spiro atoms. The Morgan fingerprint density at radius 1 is 1.12 bits per heavy atom. The number of imide groups is 1. The predicted octanol–water partition coefficient (Wildman–Crippen LogP) is 2.28. The summed E-state index contributed by atoms with van der Waals surface area (Å²) in [5, 5.41) is 13.8. The van der Waals surface area contributed by atoms with E-state index in [2.05, 4.69) is 10.6 Å². The molecule has 1 aliphatic heterocycles. The molecule has 0 radical (unpaired) electrons. The van der Waals surface area contributed by atoms with Crippen LogP contribution < -0.4 is 10.6 Å². The van der Waals surface area contributed by atoms with Gasteiger partial charge in [-0.2, -0.15) is 0 Å². The molecule has 0 saturated carbocycles. The summed E-state index contributed by atoms with van der Waals surface area (Å²) >= 11 is 0. The number of nitrogens with one attached hydrogen (secondary N) is 2. The smallest absolute Gasteiger partial charge is 0.335 e. The lowest BCUT2D eigenvalue weighted by atomic mass is 10.1. The number of aryl methyl sites for hydroxylation is 2. The van der Waals surface area contributed by atoms with E-state index in [1.165, 1.54) is 0 Å². The number of amides is 3. The van der Waals surface area contributed by atoms with E-state index in [9.17, 15) is 19.5 Å². The average molecular weight is 339 g/mol. The number of nitrogens with zero attached hydrogens (tertiary/aromatic N) is 1. The first-order chi connectivity index (χ1) is 11.8. The minimum absolute atomic E-state index is 0.182. The van der Waals surface area contributed by atoms with Crippen LogP contribution >= 0.6 is 0 Å². The summed E-state index contributed by atoms with van der Waals surface area (Å²) < 4.78 is 1.93. The summed E-state index contributed by atoms with van der Waals surface area (Å²) in [6.45, 7) is 5.68. The molecule has 2 aromatic rings. The van der Waals surface area contributed by atoms with Crippen LogP contribution in [0.15, 0.2) is 30.0 Å². The van der Waals surface area contributed by atoms with Gasteiger partial charge in [-0.1, -0.05) is 6.07 Å². The number of benzene rings is 1. The maximum Gasteiger partial charge on any atom is 0.335 e. The van der Waals surface area contributed by atoms with Gasteiger partial charge in [0.05, 0.1) is 5.56 Å². The number of rotatable bonds is 3. The van der Waals surface area contributed by atoms with E-state index < -0.39 is 17.9 Å². The Hall–Kier alpha value is -3.35. The summed E-state index contributed by atoms with van der Waals surface area (Å²) in [4.78, 5) is 34.2. The predicted molar refractivity (Wildman–Crippen MR) is 91.6 cm³/mol. The van der Waals surface area contributed by atoms with Gasteiger partial charge in [-0.15, -0.1) is 0 Å². The fraction of sp³-hybridized carbons (Fsp3) is 0.167. The van der Waals surface area contributed by atoms with Gasteiger partial charge in [0.1, 0.15) is 5.70 Å². The summed E-state index contributed by atoms with van der Waals surface area (Å²) in [5.41, 5.74) is 4.57. The lowest BCUT2D eigenvalue weighted by molar-refractivity contribution is -0.115. The molecular formula is C18H17N3O4. The van der Waals surface area contributed by atoms with E-state index in [4.69, 9.17) is 0 Å². The molecule has 25 heavy (non-hydrogen) atoms. The molecule has 128 valence electrons. The second-order valence-electron chi connectivity index (χ2n) is 5.93. The standard InChI is InChI=1S/C18H17N3O4/c1-9-4-5-12(17(23)24)8-15(9)21-10(2)6-13(11(21)3)7-14-16(22)20-18(25)19-14/h4-8H,1-3H3,(H,23,24)(H2,19,20,22,25)/b14-7-. The second kappa shape index (κ2) is 5.94. The van der Waals surface area contributed by atoms with E-state index in [0.29, 0.717) is 0 Å². The second-order valence-corrected chi connectivity index (χ2v) is 5.93. The molecule has 1 aliphatic rings. The van der Waals surface area contributed by atoms with E-state index in [-0.39, 0.29) is 11.3 Å². The first-order valence-corrected chi connectivity index (χ1v) is 7.65. The zero-order valence-electron chi connectivity index (χ0n) is 14.0. The Bertz CT molecular complexity index is 953. The normalized spacial score (nSPS) is 15.4. The maximum atomic E-state index is 11.7. The van der Waals surface area contributed by atoms with E-state index >= 15 is 0 Å². The van der Waals surface area contributed by atoms with Gasteiger partial charge in [-0.3, -0.25) is 10.1 Å². The van der Waals surface area contributed by atoms with Crippen molar-refractivity contribution >= 4 is 24.0 Å². The van der Waals surface area contributed by atoms with Gasteiger partial charge in [0.15, 0.2) is 0 Å². The van der Waals surface area contributed by atoms with Crippen molar-refractivity contribution in [3.8, 4) is 5.69 Å². The van der Waals surface area contributed by atoms with Crippen LogP contribution in [0.2, 0.25) is 0 Å². The van der Waals surface area contributed by atoms with Crippen LogP contribution in [-0.4, -0.2) is 27.6 Å². The van der Waals surface area contributed by atoms with Gasteiger partial charge < -0.3 is 15.0 Å². The van der Waals surface area contributed by atoms with Gasteiger partial charge in [0.25, 0.3) is 5.91 Å². The van der Waals surface area contributed by atoms with Crippen molar-refractivity contribution in [2.45, 2.75) is 20.8 Å². The van der Waals surface area contributed by atoms with Crippen molar-refractivity contribution in [3.05, 3.63) is 58.0 Å². The number of urea groups is 1. The van der Waals surface area contributed by atoms with Crippen molar-refractivity contribution in [2.24, 2.45) is 0 Å². The maximum absolute atomic E-state index is 11.7. The number of carboxylic acids is 1. The van der Waals surface area contributed by atoms with Crippen LogP contribution in [0, 0.1) is 20.8 Å². The monoisotopic (exact) mass is 339 g/mol. The zero-order valence-corrected chi connectivity index (χ0v) is 14.0. The Labute approximate surface area is 144 Å². The lowest BCUT2D eigenvalue weighted by Gasteiger charge is -2.13. The molecular weight excluding hydrogens is 322 g/mol. The van der Waals surface area contributed by atoms with E-state index in [1.54, 1.807) is 24.3 Å². The number of aromatic carboxylic acids is 1. The third-order valence-corrected chi connectivity index (χ3v) is 4.19. The molecule has 0 atom stereocenters. The van der Waals surface area contributed by atoms with E-state index in [1.807, 2.05) is 31.4 Å². The van der Waals surface area contributed by atoms with Crippen molar-refractivity contribution in [2.75, 3.05) is 0 Å². The first-order valence-electron chi connectivity index (χ1n) is 7.65. The molecule has 7 nitrogen and oxygen atoms in total. The molecule has 0 bridgehead atoms. The Balaban J connectivity index is 2.11. The number of carbonyl (C=O) groups excluding carboxylic acids is 2. The fourth-order valence-corrected chi connectivity index (χ4v) is 2.93. The minimum Gasteiger partial charge on any atom is -0.478 e. The molecule has 1 fully saturated rings. The number of hydrogen-bond acceptors (Lipinski definition) is 3. The van der Waals surface area contributed by atoms with Gasteiger partial charge in [0, 0.05) is 17.1 Å². The topological polar surface area (TPSA) is 100 Å². The summed E-state index contributed by atoms with van der Waals surface area (Å²) in [6.07, 6.45) is 1.61. The third-order valence-electron chi connectivity index (χ3n) is 4.19. The largest absolute Gasteiger partial charge is 0.478 e. The molecule has 0 aliphatic carbocycles. The first kappa shape index (κ1) is 16.5. The molecule has 1 aromatic heterocycles. The number of hydrogen-bond donors (Lipinski definition) is 3. The van der Waals surface area contributed by atoms with Crippen molar-refractivity contribution in [1.29, 1.82) is 0 Å². The van der Waals surface area contributed by atoms with Crippen LogP contribution in [0.4, 0.5) is 4.79 Å². The van der Waals surface area contributed by atoms with Gasteiger partial charge >= 0.3 is 12.0 Å². The number of carbonyl (C=O) groups is 3. The fourth-order valence-electron chi connectivity index (χ4n) is 2.93. The summed E-state index contributed by atoms with van der Waals surface area (Å²) in [7, 11) is 0. The average Bonchev–Trinajstić information content (AvgIpc) is 2.99. The number of aromatic nitrogens is 1. The van der Waals surface area contributed by atoms with Gasteiger partial charge in [-0.05, 0) is 56.2 Å². The van der Waals surface area contributed by atoms with Crippen LogP contribution in [0.5, 0.6) is 0 Å². The highest BCUT2D eigenvalue weighted by molar-refractivity contribution is 6.14.